The fourth-order valence-electron chi connectivity index (χ4n) is 6.45. The minimum absolute atomic E-state index is 0. The van der Waals surface area contributed by atoms with Crippen LogP contribution in [0.3, 0.4) is 0 Å². The number of hydrogen-bond acceptors (Lipinski definition) is 4. The van der Waals surface area contributed by atoms with Gasteiger partial charge in [-0.2, -0.15) is 0 Å². The SMILES string of the molecule is COc1cccc2c1OCC[C@]21CNC[C@H]1C(=O)N1CC[C@@H](c2ccccc2)C[C@H]1C(C)C.[Cl-]. The van der Waals surface area contributed by atoms with E-state index in [-0.39, 0.29) is 29.8 Å². The summed E-state index contributed by atoms with van der Waals surface area (Å²) in [5, 5.41) is 3.57. The van der Waals surface area contributed by atoms with Gasteiger partial charge >= 0.3 is 0 Å². The molecule has 2 saturated heterocycles. The van der Waals surface area contributed by atoms with Crippen LogP contribution in [0, 0.1) is 11.8 Å². The summed E-state index contributed by atoms with van der Waals surface area (Å²) in [6, 6.07) is 17.2. The molecule has 0 saturated carbocycles. The van der Waals surface area contributed by atoms with Gasteiger partial charge in [0, 0.05) is 36.7 Å². The number of carbonyl (C=O) groups excluding carboxylic acids is 1. The Balaban J connectivity index is 0.00000274. The third kappa shape index (κ3) is 4.18. The van der Waals surface area contributed by atoms with Crippen LogP contribution in [0.5, 0.6) is 11.5 Å². The highest BCUT2D eigenvalue weighted by atomic mass is 35.5. The van der Waals surface area contributed by atoms with Gasteiger partial charge in [0.25, 0.3) is 0 Å². The summed E-state index contributed by atoms with van der Waals surface area (Å²) >= 11 is 0. The summed E-state index contributed by atoms with van der Waals surface area (Å²) in [5.41, 5.74) is 2.29. The van der Waals surface area contributed by atoms with E-state index in [0.29, 0.717) is 24.3 Å². The zero-order chi connectivity index (χ0) is 23.0. The lowest BCUT2D eigenvalue weighted by molar-refractivity contribution is -0.142. The van der Waals surface area contributed by atoms with Crippen molar-refractivity contribution in [3.8, 4) is 11.5 Å². The van der Waals surface area contributed by atoms with Crippen LogP contribution in [-0.4, -0.2) is 50.2 Å². The second-order valence-corrected chi connectivity index (χ2v) is 10.3. The Bertz CT molecular complexity index is 998. The number of likely N-dealkylation sites (tertiary alicyclic amines) is 1. The van der Waals surface area contributed by atoms with Gasteiger partial charge in [-0.05, 0) is 42.7 Å². The molecule has 2 aromatic carbocycles. The third-order valence-electron chi connectivity index (χ3n) is 8.25. The number of piperidine rings is 1. The van der Waals surface area contributed by atoms with Gasteiger partial charge in [0.2, 0.25) is 5.91 Å². The maximum absolute atomic E-state index is 14.2. The topological polar surface area (TPSA) is 50.8 Å². The van der Waals surface area contributed by atoms with E-state index in [1.807, 2.05) is 12.1 Å². The largest absolute Gasteiger partial charge is 1.00 e. The molecular weight excluding hydrogens is 448 g/mol. The van der Waals surface area contributed by atoms with Gasteiger partial charge in [-0.25, -0.2) is 0 Å². The van der Waals surface area contributed by atoms with E-state index in [9.17, 15) is 4.79 Å². The molecule has 2 fully saturated rings. The fourth-order valence-corrected chi connectivity index (χ4v) is 6.45. The first-order valence-electron chi connectivity index (χ1n) is 12.4. The first-order chi connectivity index (χ1) is 16.0. The molecule has 6 heteroatoms. The highest BCUT2D eigenvalue weighted by molar-refractivity contribution is 5.82. The molecule has 1 amide bonds. The molecule has 2 aromatic rings. The van der Waals surface area contributed by atoms with Gasteiger partial charge in [0.15, 0.2) is 11.5 Å². The van der Waals surface area contributed by atoms with E-state index in [1.54, 1.807) is 7.11 Å². The molecule has 0 aromatic heterocycles. The van der Waals surface area contributed by atoms with Crippen molar-refractivity contribution in [3.63, 3.8) is 0 Å². The molecule has 0 unspecified atom stereocenters. The monoisotopic (exact) mass is 483 g/mol. The van der Waals surface area contributed by atoms with Crippen molar-refractivity contribution in [1.82, 2.24) is 10.2 Å². The predicted octanol–water partition coefficient (Wildman–Crippen LogP) is 1.37. The minimum atomic E-state index is -0.239. The second kappa shape index (κ2) is 10.2. The Morgan fingerprint density at radius 1 is 1.18 bits per heavy atom. The number of carbonyl (C=O) groups is 1. The van der Waals surface area contributed by atoms with Crippen LogP contribution in [-0.2, 0) is 10.2 Å². The molecule has 1 spiro atoms. The highest BCUT2D eigenvalue weighted by Gasteiger charge is 2.53. The number of rotatable bonds is 4. The average molecular weight is 484 g/mol. The van der Waals surface area contributed by atoms with Crippen LogP contribution in [0.1, 0.15) is 50.2 Å². The Morgan fingerprint density at radius 3 is 2.71 bits per heavy atom. The van der Waals surface area contributed by atoms with Crippen molar-refractivity contribution >= 4 is 5.91 Å². The van der Waals surface area contributed by atoms with E-state index >= 15 is 0 Å². The lowest BCUT2D eigenvalue weighted by atomic mass is 9.68. The molecule has 3 aliphatic rings. The molecule has 5 rings (SSSR count). The zero-order valence-electron chi connectivity index (χ0n) is 20.4. The summed E-state index contributed by atoms with van der Waals surface area (Å²) in [7, 11) is 1.68. The van der Waals surface area contributed by atoms with Gasteiger partial charge in [-0.3, -0.25) is 4.79 Å². The fraction of sp³-hybridized carbons (Fsp3) is 0.536. The Kier molecular flexibility index (Phi) is 7.44. The second-order valence-electron chi connectivity index (χ2n) is 10.3. The Hall–Kier alpha value is -2.24. The van der Waals surface area contributed by atoms with Gasteiger partial charge in [-0.1, -0.05) is 56.3 Å². The molecule has 3 aliphatic heterocycles. The number of fused-ring (bicyclic) bond motifs is 2. The molecule has 34 heavy (non-hydrogen) atoms. The molecule has 0 radical (unpaired) electrons. The van der Waals surface area contributed by atoms with Crippen LogP contribution >= 0.6 is 0 Å². The smallest absolute Gasteiger partial charge is 0.228 e. The number of ether oxygens (including phenoxy) is 2. The van der Waals surface area contributed by atoms with Crippen LogP contribution in [0.4, 0.5) is 0 Å². The lowest BCUT2D eigenvalue weighted by Gasteiger charge is -2.46. The van der Waals surface area contributed by atoms with E-state index in [0.717, 1.165) is 56.0 Å². The summed E-state index contributed by atoms with van der Waals surface area (Å²) in [6.45, 7) is 7.49. The molecule has 0 aliphatic carbocycles. The third-order valence-corrected chi connectivity index (χ3v) is 8.25. The Morgan fingerprint density at radius 2 is 1.97 bits per heavy atom. The van der Waals surface area contributed by atoms with Crippen LogP contribution < -0.4 is 27.2 Å². The quantitative estimate of drug-likeness (QED) is 0.713. The van der Waals surface area contributed by atoms with Crippen LogP contribution in [0.15, 0.2) is 48.5 Å². The standard InChI is InChI=1S/C28H36N2O3.ClH/c1-19(2)24-16-21(20-8-5-4-6-9-20)12-14-30(24)27(31)23-17-29-18-28(23)13-15-33-26-22(28)10-7-11-25(26)32-3;/h4-11,19,21,23-24,29H,12-18H2,1-3H3;1H/p-1/t21-,23+,24+,28+;/m1./s1. The molecule has 4 atom stereocenters. The summed E-state index contributed by atoms with van der Waals surface area (Å²) in [4.78, 5) is 16.4. The van der Waals surface area contributed by atoms with Gasteiger partial charge in [0.05, 0.1) is 19.6 Å². The Labute approximate surface area is 209 Å². The molecule has 5 nitrogen and oxygen atoms in total. The summed E-state index contributed by atoms with van der Waals surface area (Å²) in [6.07, 6.45) is 2.91. The molecule has 184 valence electrons. The normalized spacial score (nSPS) is 28.2. The number of para-hydroxylation sites is 1. The van der Waals surface area contributed by atoms with E-state index in [2.05, 4.69) is 60.5 Å². The highest BCUT2D eigenvalue weighted by Crippen LogP contribution is 2.50. The number of nitrogens with zero attached hydrogens (tertiary/aromatic N) is 1. The van der Waals surface area contributed by atoms with Crippen LogP contribution in [0.25, 0.3) is 0 Å². The van der Waals surface area contributed by atoms with E-state index in [4.69, 9.17) is 9.47 Å². The summed E-state index contributed by atoms with van der Waals surface area (Å²) < 4.78 is 11.6. The van der Waals surface area contributed by atoms with Crippen molar-refractivity contribution in [2.75, 3.05) is 33.4 Å². The van der Waals surface area contributed by atoms with Gasteiger partial charge < -0.3 is 32.1 Å². The van der Waals surface area contributed by atoms with Crippen LogP contribution in [0.2, 0.25) is 0 Å². The number of methoxy groups -OCH3 is 1. The first kappa shape index (κ1) is 24.9. The van der Waals surface area contributed by atoms with E-state index < -0.39 is 0 Å². The molecular formula is C28H36ClN2O3-. The number of hydrogen-bond donors (Lipinski definition) is 1. The zero-order valence-corrected chi connectivity index (χ0v) is 21.2. The van der Waals surface area contributed by atoms with Crippen molar-refractivity contribution in [3.05, 3.63) is 59.7 Å². The maximum atomic E-state index is 14.2. The average Bonchev–Trinajstić information content (AvgIpc) is 3.27. The van der Waals surface area contributed by atoms with Gasteiger partial charge in [-0.15, -0.1) is 0 Å². The lowest BCUT2D eigenvalue weighted by Crippen LogP contribution is -3.00. The number of benzene rings is 2. The minimum Gasteiger partial charge on any atom is -1.00 e. The molecule has 0 bridgehead atoms. The summed E-state index contributed by atoms with van der Waals surface area (Å²) in [5.74, 6) is 2.74. The van der Waals surface area contributed by atoms with E-state index in [1.165, 1.54) is 5.56 Å². The van der Waals surface area contributed by atoms with Crippen molar-refractivity contribution in [1.29, 1.82) is 0 Å². The van der Waals surface area contributed by atoms with Crippen molar-refractivity contribution in [2.24, 2.45) is 11.8 Å². The van der Waals surface area contributed by atoms with Crippen molar-refractivity contribution in [2.45, 2.75) is 50.5 Å². The molecule has 3 heterocycles. The number of nitrogens with one attached hydrogen (secondary N) is 1. The predicted molar refractivity (Wildman–Crippen MR) is 130 cm³/mol. The number of amides is 1. The number of halogens is 1. The van der Waals surface area contributed by atoms with Crippen molar-refractivity contribution < 1.29 is 26.7 Å². The molecule has 1 N–H and O–H groups in total. The first-order valence-corrected chi connectivity index (χ1v) is 12.4. The van der Waals surface area contributed by atoms with Gasteiger partial charge in [0.1, 0.15) is 0 Å². The maximum Gasteiger partial charge on any atom is 0.228 e.